The van der Waals surface area contributed by atoms with E-state index in [1.54, 1.807) is 6.92 Å². The molecule has 0 spiro atoms. The second-order valence-electron chi connectivity index (χ2n) is 6.09. The Kier molecular flexibility index (Phi) is 4.99. The first-order valence-corrected chi connectivity index (χ1v) is 9.06. The monoisotopic (exact) mass is 425 g/mol. The minimum Gasteiger partial charge on any atom is -0.340 e. The molecule has 0 aliphatic heterocycles. The van der Waals surface area contributed by atoms with Gasteiger partial charge < -0.3 is 9.84 Å². The zero-order valence-electron chi connectivity index (χ0n) is 13.1. The molecule has 23 heavy (non-hydrogen) atoms. The first kappa shape index (κ1) is 16.4. The van der Waals surface area contributed by atoms with Gasteiger partial charge in [0.1, 0.15) is 5.54 Å². The lowest BCUT2D eigenvalue weighted by molar-refractivity contribution is 0.0876. The van der Waals surface area contributed by atoms with E-state index < -0.39 is 5.54 Å². The molecule has 0 radical (unpaired) electrons. The van der Waals surface area contributed by atoms with Crippen LogP contribution >= 0.6 is 22.6 Å². The topological polar surface area (TPSA) is 68.0 Å². The normalized spacial score (nSPS) is 17.5. The largest absolute Gasteiger partial charge is 0.340 e. The third-order valence-electron chi connectivity index (χ3n) is 4.37. The molecule has 1 aromatic carbocycles. The standard InChI is InChI=1S/C17H20IN3O2/c1-12-19-16(21-23-12)17(10-4-2-3-5-11-17)20-15(22)13-6-8-14(18)9-7-13/h6-9H,2-5,10-11H2,1H3,(H,20,22). The van der Waals surface area contributed by atoms with Crippen molar-refractivity contribution in [2.24, 2.45) is 0 Å². The Labute approximate surface area is 149 Å². The lowest BCUT2D eigenvalue weighted by Crippen LogP contribution is -2.46. The molecule has 1 aromatic heterocycles. The number of benzene rings is 1. The van der Waals surface area contributed by atoms with Gasteiger partial charge in [-0.1, -0.05) is 30.8 Å². The molecule has 1 fully saturated rings. The number of hydrogen-bond acceptors (Lipinski definition) is 4. The molecule has 1 aliphatic carbocycles. The van der Waals surface area contributed by atoms with Gasteiger partial charge in [0.25, 0.3) is 5.91 Å². The summed E-state index contributed by atoms with van der Waals surface area (Å²) in [7, 11) is 0. The number of halogens is 1. The van der Waals surface area contributed by atoms with E-state index in [-0.39, 0.29) is 5.91 Å². The van der Waals surface area contributed by atoms with E-state index >= 15 is 0 Å². The third-order valence-corrected chi connectivity index (χ3v) is 5.09. The number of rotatable bonds is 3. The van der Waals surface area contributed by atoms with Crippen LogP contribution in [-0.4, -0.2) is 16.0 Å². The highest BCUT2D eigenvalue weighted by Gasteiger charge is 2.38. The summed E-state index contributed by atoms with van der Waals surface area (Å²) < 4.78 is 6.28. The number of carbonyl (C=O) groups is 1. The van der Waals surface area contributed by atoms with Gasteiger partial charge in [-0.05, 0) is 59.7 Å². The van der Waals surface area contributed by atoms with E-state index in [4.69, 9.17) is 4.52 Å². The van der Waals surface area contributed by atoms with Crippen LogP contribution in [0.4, 0.5) is 0 Å². The van der Waals surface area contributed by atoms with Gasteiger partial charge in [0.15, 0.2) is 5.82 Å². The van der Waals surface area contributed by atoms with Crippen molar-refractivity contribution in [1.29, 1.82) is 0 Å². The second-order valence-corrected chi connectivity index (χ2v) is 7.34. The van der Waals surface area contributed by atoms with Crippen molar-refractivity contribution in [3.8, 4) is 0 Å². The summed E-state index contributed by atoms with van der Waals surface area (Å²) in [6.45, 7) is 1.78. The average molecular weight is 425 g/mol. The molecule has 1 heterocycles. The predicted molar refractivity (Wildman–Crippen MR) is 95.0 cm³/mol. The lowest BCUT2D eigenvalue weighted by atomic mass is 9.88. The molecular weight excluding hydrogens is 405 g/mol. The van der Waals surface area contributed by atoms with Gasteiger partial charge in [0, 0.05) is 16.1 Å². The Morgan fingerprint density at radius 2 is 1.83 bits per heavy atom. The van der Waals surface area contributed by atoms with Gasteiger partial charge in [-0.2, -0.15) is 4.98 Å². The fraction of sp³-hybridized carbons (Fsp3) is 0.471. The highest BCUT2D eigenvalue weighted by atomic mass is 127. The number of hydrogen-bond donors (Lipinski definition) is 1. The molecule has 0 saturated heterocycles. The zero-order chi connectivity index (χ0) is 16.3. The van der Waals surface area contributed by atoms with Crippen LogP contribution in [0.5, 0.6) is 0 Å². The van der Waals surface area contributed by atoms with Crippen molar-refractivity contribution < 1.29 is 9.32 Å². The fourth-order valence-electron chi connectivity index (χ4n) is 3.12. The van der Waals surface area contributed by atoms with Crippen molar-refractivity contribution in [2.75, 3.05) is 0 Å². The Morgan fingerprint density at radius 1 is 1.17 bits per heavy atom. The van der Waals surface area contributed by atoms with Gasteiger partial charge in [-0.15, -0.1) is 0 Å². The van der Waals surface area contributed by atoms with E-state index in [0.29, 0.717) is 17.3 Å². The van der Waals surface area contributed by atoms with E-state index in [9.17, 15) is 4.79 Å². The fourth-order valence-corrected chi connectivity index (χ4v) is 3.48. The van der Waals surface area contributed by atoms with Crippen LogP contribution < -0.4 is 5.32 Å². The summed E-state index contributed by atoms with van der Waals surface area (Å²) in [6.07, 6.45) is 6.17. The van der Waals surface area contributed by atoms with Crippen molar-refractivity contribution in [1.82, 2.24) is 15.5 Å². The minimum atomic E-state index is -0.520. The third kappa shape index (κ3) is 3.73. The van der Waals surface area contributed by atoms with Gasteiger partial charge in [-0.25, -0.2) is 0 Å². The molecule has 1 amide bonds. The maximum atomic E-state index is 12.7. The summed E-state index contributed by atoms with van der Waals surface area (Å²) in [5.41, 5.74) is 0.142. The first-order valence-electron chi connectivity index (χ1n) is 7.98. The van der Waals surface area contributed by atoms with Gasteiger partial charge in [-0.3, -0.25) is 4.79 Å². The molecule has 0 bridgehead atoms. The molecule has 5 nitrogen and oxygen atoms in total. The number of nitrogens with zero attached hydrogens (tertiary/aromatic N) is 2. The van der Waals surface area contributed by atoms with E-state index in [0.717, 1.165) is 29.3 Å². The Morgan fingerprint density at radius 3 is 2.39 bits per heavy atom. The van der Waals surface area contributed by atoms with Crippen LogP contribution in [0.1, 0.15) is 60.6 Å². The predicted octanol–water partition coefficient (Wildman–Crippen LogP) is 3.96. The van der Waals surface area contributed by atoms with Crippen LogP contribution in [0.25, 0.3) is 0 Å². The highest BCUT2D eigenvalue weighted by molar-refractivity contribution is 14.1. The van der Waals surface area contributed by atoms with E-state index in [1.165, 1.54) is 12.8 Å². The van der Waals surface area contributed by atoms with Gasteiger partial charge >= 0.3 is 0 Å². The SMILES string of the molecule is Cc1nc(C2(NC(=O)c3ccc(I)cc3)CCCCCC2)no1. The first-order chi connectivity index (χ1) is 11.1. The van der Waals surface area contributed by atoms with Gasteiger partial charge in [0.05, 0.1) is 0 Å². The number of amides is 1. The number of carbonyl (C=O) groups excluding carboxylic acids is 1. The molecule has 2 aromatic rings. The molecule has 122 valence electrons. The van der Waals surface area contributed by atoms with Crippen LogP contribution in [0, 0.1) is 10.5 Å². The zero-order valence-corrected chi connectivity index (χ0v) is 15.3. The molecule has 1 N–H and O–H groups in total. The molecule has 1 aliphatic rings. The van der Waals surface area contributed by atoms with Crippen molar-refractivity contribution >= 4 is 28.5 Å². The average Bonchev–Trinajstić information content (AvgIpc) is 2.84. The summed E-state index contributed by atoms with van der Waals surface area (Å²) in [4.78, 5) is 17.1. The number of nitrogens with one attached hydrogen (secondary N) is 1. The number of aryl methyl sites for hydroxylation is 1. The van der Waals surface area contributed by atoms with Crippen molar-refractivity contribution in [2.45, 2.75) is 51.0 Å². The quantitative estimate of drug-likeness (QED) is 0.597. The summed E-state index contributed by atoms with van der Waals surface area (Å²) >= 11 is 2.23. The van der Waals surface area contributed by atoms with Crippen molar-refractivity contribution in [3.63, 3.8) is 0 Å². The molecule has 6 heteroatoms. The minimum absolute atomic E-state index is 0.0780. The Balaban J connectivity index is 1.89. The van der Waals surface area contributed by atoms with Gasteiger partial charge in [0.2, 0.25) is 5.89 Å². The van der Waals surface area contributed by atoms with Crippen molar-refractivity contribution in [3.05, 3.63) is 45.1 Å². The van der Waals surface area contributed by atoms with E-state index in [1.807, 2.05) is 24.3 Å². The molecule has 3 rings (SSSR count). The molecule has 0 atom stereocenters. The highest BCUT2D eigenvalue weighted by Crippen LogP contribution is 2.35. The summed E-state index contributed by atoms with van der Waals surface area (Å²) in [5, 5.41) is 7.32. The second kappa shape index (κ2) is 6.98. The Bertz CT molecular complexity index is 673. The van der Waals surface area contributed by atoms with E-state index in [2.05, 4.69) is 38.0 Å². The number of aromatic nitrogens is 2. The smallest absolute Gasteiger partial charge is 0.252 e. The Hall–Kier alpha value is -1.44. The van der Waals surface area contributed by atoms with Crippen LogP contribution in [0.3, 0.4) is 0 Å². The molecular formula is C17H20IN3O2. The van der Waals surface area contributed by atoms with Crippen LogP contribution in [-0.2, 0) is 5.54 Å². The molecule has 1 saturated carbocycles. The molecule has 0 unspecified atom stereocenters. The summed E-state index contributed by atoms with van der Waals surface area (Å²) in [5.74, 6) is 1.06. The van der Waals surface area contributed by atoms with Crippen LogP contribution in [0.15, 0.2) is 28.8 Å². The maximum Gasteiger partial charge on any atom is 0.252 e. The maximum absolute atomic E-state index is 12.7. The lowest BCUT2D eigenvalue weighted by Gasteiger charge is -2.30. The van der Waals surface area contributed by atoms with Crippen LogP contribution in [0.2, 0.25) is 0 Å². The summed E-state index contributed by atoms with van der Waals surface area (Å²) in [6, 6.07) is 7.58.